The highest BCUT2D eigenvalue weighted by molar-refractivity contribution is 6.30. The number of nitrogens with zero attached hydrogens (tertiary/aromatic N) is 3. The molecule has 190 valence electrons. The van der Waals surface area contributed by atoms with Gasteiger partial charge in [-0.2, -0.15) is 0 Å². The van der Waals surface area contributed by atoms with E-state index in [1.54, 1.807) is 41.3 Å². The second-order valence-electron chi connectivity index (χ2n) is 9.81. The largest absolute Gasteiger partial charge is 0.467 e. The van der Waals surface area contributed by atoms with E-state index in [-0.39, 0.29) is 23.8 Å². The summed E-state index contributed by atoms with van der Waals surface area (Å²) in [5, 5.41) is 3.66. The number of anilines is 2. The number of rotatable bonds is 3. The summed E-state index contributed by atoms with van der Waals surface area (Å²) in [6.45, 7) is 4.29. The summed E-state index contributed by atoms with van der Waals surface area (Å²) in [5.74, 6) is 0.321. The average Bonchev–Trinajstić information content (AvgIpc) is 2.89. The Morgan fingerprint density at radius 2 is 1.78 bits per heavy atom. The summed E-state index contributed by atoms with van der Waals surface area (Å²) in [7, 11) is 0. The number of amides is 3. The normalized spacial score (nSPS) is 22.7. The third kappa shape index (κ3) is 4.25. The first kappa shape index (κ1) is 23.6. The molecule has 3 heterocycles. The molecule has 3 amide bonds. The molecule has 2 fully saturated rings. The fourth-order valence-corrected chi connectivity index (χ4v) is 5.70. The van der Waals surface area contributed by atoms with Crippen molar-refractivity contribution in [2.45, 2.75) is 25.1 Å². The van der Waals surface area contributed by atoms with Gasteiger partial charge in [-0.3, -0.25) is 9.69 Å². The minimum absolute atomic E-state index is 0.0920. The smallest absolute Gasteiger partial charge is 0.325 e. The summed E-state index contributed by atoms with van der Waals surface area (Å²) in [5.41, 5.74) is 1.98. The number of carbonyl (C=O) groups is 2. The van der Waals surface area contributed by atoms with Crippen molar-refractivity contribution < 1.29 is 18.7 Å². The Morgan fingerprint density at radius 1 is 1.03 bits per heavy atom. The highest BCUT2D eigenvalue weighted by Gasteiger charge is 2.50. The number of halogens is 2. The van der Waals surface area contributed by atoms with Crippen LogP contribution >= 0.6 is 11.6 Å². The molecule has 7 nitrogen and oxygen atoms in total. The predicted molar refractivity (Wildman–Crippen MR) is 140 cm³/mol. The summed E-state index contributed by atoms with van der Waals surface area (Å²) >= 11 is 6.17. The highest BCUT2D eigenvalue weighted by Crippen LogP contribution is 2.46. The first-order valence-corrected chi connectivity index (χ1v) is 12.7. The Labute approximate surface area is 219 Å². The Balaban J connectivity index is 1.20. The fraction of sp³-hybridized carbons (Fsp3) is 0.286. The molecule has 0 aliphatic carbocycles. The zero-order valence-electron chi connectivity index (χ0n) is 20.3. The highest BCUT2D eigenvalue weighted by atomic mass is 35.5. The first-order chi connectivity index (χ1) is 17.8. The number of piperazine rings is 1. The molecule has 37 heavy (non-hydrogen) atoms. The van der Waals surface area contributed by atoms with E-state index < -0.39 is 5.72 Å². The van der Waals surface area contributed by atoms with Crippen LogP contribution in [0.3, 0.4) is 0 Å². The van der Waals surface area contributed by atoms with Crippen molar-refractivity contribution in [2.24, 2.45) is 0 Å². The Bertz CT molecular complexity index is 1380. The molecule has 2 bridgehead atoms. The van der Waals surface area contributed by atoms with E-state index in [1.165, 1.54) is 12.1 Å². The number of carbonyl (C=O) groups excluding carboxylic acids is 2. The van der Waals surface area contributed by atoms with E-state index in [9.17, 15) is 14.0 Å². The molecule has 0 spiro atoms. The lowest BCUT2D eigenvalue weighted by Gasteiger charge is -2.50. The monoisotopic (exact) mass is 520 g/mol. The van der Waals surface area contributed by atoms with E-state index in [2.05, 4.69) is 10.2 Å². The van der Waals surface area contributed by atoms with Gasteiger partial charge in [0.05, 0.1) is 11.7 Å². The van der Waals surface area contributed by atoms with Crippen LogP contribution in [0.15, 0.2) is 66.7 Å². The molecule has 6 rings (SSSR count). The number of urea groups is 1. The Kier molecular flexibility index (Phi) is 5.71. The Hall–Kier alpha value is -3.78. The topological polar surface area (TPSA) is 65.1 Å². The van der Waals surface area contributed by atoms with Crippen LogP contribution < -0.4 is 19.9 Å². The summed E-state index contributed by atoms with van der Waals surface area (Å²) in [6, 6.07) is 18.4. The van der Waals surface area contributed by atoms with E-state index >= 15 is 0 Å². The van der Waals surface area contributed by atoms with Crippen molar-refractivity contribution in [3.63, 3.8) is 0 Å². The minimum Gasteiger partial charge on any atom is -0.467 e. The van der Waals surface area contributed by atoms with Crippen LogP contribution in [0.2, 0.25) is 5.02 Å². The molecule has 0 aromatic heterocycles. The molecule has 9 heteroatoms. The number of hydrogen-bond acceptors (Lipinski definition) is 4. The lowest BCUT2D eigenvalue weighted by atomic mass is 9.90. The van der Waals surface area contributed by atoms with Gasteiger partial charge in [-0.1, -0.05) is 17.7 Å². The van der Waals surface area contributed by atoms with Crippen LogP contribution in [0.25, 0.3) is 0 Å². The van der Waals surface area contributed by atoms with Crippen molar-refractivity contribution in [2.75, 3.05) is 36.0 Å². The first-order valence-electron chi connectivity index (χ1n) is 12.3. The van der Waals surface area contributed by atoms with E-state index in [0.717, 1.165) is 11.3 Å². The molecule has 2 atom stereocenters. The maximum atomic E-state index is 13.4. The minimum atomic E-state index is -0.920. The number of hydrogen-bond donors (Lipinski definition) is 1. The molecule has 3 aliphatic rings. The zero-order chi connectivity index (χ0) is 25.7. The number of ether oxygens (including phenoxy) is 1. The van der Waals surface area contributed by atoms with E-state index in [4.69, 9.17) is 16.3 Å². The van der Waals surface area contributed by atoms with E-state index in [0.29, 0.717) is 54.6 Å². The van der Waals surface area contributed by atoms with Gasteiger partial charge in [-0.15, -0.1) is 0 Å². The van der Waals surface area contributed by atoms with Gasteiger partial charge >= 0.3 is 6.03 Å². The maximum absolute atomic E-state index is 13.4. The van der Waals surface area contributed by atoms with Crippen LogP contribution in [-0.4, -0.2) is 48.7 Å². The number of fused-ring (bicyclic) bond motifs is 4. The van der Waals surface area contributed by atoms with Crippen molar-refractivity contribution in [1.29, 1.82) is 0 Å². The van der Waals surface area contributed by atoms with Crippen molar-refractivity contribution >= 4 is 34.9 Å². The lowest BCUT2D eigenvalue weighted by molar-refractivity contribution is 0.0378. The number of nitrogens with one attached hydrogen (secondary N) is 1. The van der Waals surface area contributed by atoms with Crippen molar-refractivity contribution in [3.8, 4) is 5.75 Å². The SMILES string of the molecule is CC12CC(NC(=O)N1c1cccc(C(=O)N3CCN(c4ccc(F)cc4)CC3)c1)c1cc(Cl)ccc1O2. The standard InChI is InChI=1S/C28H26ClFN4O3/c1-28-17-24(23-16-19(29)5-10-25(23)37-28)31-27(36)34(28)22-4-2-3-18(15-22)26(35)33-13-11-32(12-14-33)21-8-6-20(30)7-9-21/h2-10,15-16,24H,11-14,17H2,1H3,(H,31,36). The Morgan fingerprint density at radius 3 is 2.54 bits per heavy atom. The van der Waals surface area contributed by atoms with Gasteiger partial charge in [0.2, 0.25) is 0 Å². The molecule has 3 aromatic carbocycles. The van der Waals surface area contributed by atoms with Gasteiger partial charge in [0.15, 0.2) is 5.72 Å². The predicted octanol–water partition coefficient (Wildman–Crippen LogP) is 5.21. The second kappa shape index (κ2) is 8.95. The second-order valence-corrected chi connectivity index (χ2v) is 10.2. The molecular formula is C28H26ClFN4O3. The molecule has 0 saturated carbocycles. The van der Waals surface area contributed by atoms with Gasteiger partial charge in [-0.25, -0.2) is 9.18 Å². The molecule has 2 unspecified atom stereocenters. The molecule has 1 N–H and O–H groups in total. The van der Waals surface area contributed by atoms with Gasteiger partial charge < -0.3 is 19.9 Å². The zero-order valence-corrected chi connectivity index (χ0v) is 21.0. The molecule has 2 saturated heterocycles. The fourth-order valence-electron chi connectivity index (χ4n) is 5.52. The summed E-state index contributed by atoms with van der Waals surface area (Å²) in [6.07, 6.45) is 0.537. The third-order valence-electron chi connectivity index (χ3n) is 7.34. The summed E-state index contributed by atoms with van der Waals surface area (Å²) in [4.78, 5) is 32.2. The van der Waals surface area contributed by atoms with Gasteiger partial charge in [0.1, 0.15) is 11.6 Å². The number of benzene rings is 3. The molecule has 3 aromatic rings. The lowest BCUT2D eigenvalue weighted by Crippen LogP contribution is -2.65. The van der Waals surface area contributed by atoms with Gasteiger partial charge in [0, 0.05) is 54.4 Å². The van der Waals surface area contributed by atoms with Crippen LogP contribution in [0, 0.1) is 5.82 Å². The third-order valence-corrected chi connectivity index (χ3v) is 7.58. The van der Waals surface area contributed by atoms with Crippen LogP contribution in [0.1, 0.15) is 35.3 Å². The van der Waals surface area contributed by atoms with Gasteiger partial charge in [-0.05, 0) is 67.6 Å². The van der Waals surface area contributed by atoms with Crippen LogP contribution in [-0.2, 0) is 0 Å². The molecule has 0 radical (unpaired) electrons. The quantitative estimate of drug-likeness (QED) is 0.515. The van der Waals surface area contributed by atoms with Gasteiger partial charge in [0.25, 0.3) is 5.91 Å². The maximum Gasteiger partial charge on any atom is 0.325 e. The molecular weight excluding hydrogens is 495 g/mol. The van der Waals surface area contributed by atoms with E-state index in [1.807, 2.05) is 30.0 Å². The molecule has 3 aliphatic heterocycles. The summed E-state index contributed by atoms with van der Waals surface area (Å²) < 4.78 is 19.6. The van der Waals surface area contributed by atoms with Crippen molar-refractivity contribution in [1.82, 2.24) is 10.2 Å². The van der Waals surface area contributed by atoms with Crippen LogP contribution in [0.4, 0.5) is 20.6 Å². The average molecular weight is 521 g/mol. The van der Waals surface area contributed by atoms with Crippen molar-refractivity contribution in [3.05, 3.63) is 88.7 Å². The van der Waals surface area contributed by atoms with Crippen LogP contribution in [0.5, 0.6) is 5.75 Å².